The Morgan fingerprint density at radius 2 is 2.04 bits per heavy atom. The number of fused-ring (bicyclic) bond motifs is 1. The van der Waals surface area contributed by atoms with Crippen LogP contribution in [0.1, 0.15) is 0 Å². The van der Waals surface area contributed by atoms with Gasteiger partial charge < -0.3 is 9.64 Å². The Balaban J connectivity index is 1.71. The van der Waals surface area contributed by atoms with Crippen LogP contribution in [-0.2, 0) is 14.8 Å². The van der Waals surface area contributed by atoms with E-state index in [2.05, 4.69) is 24.6 Å². The van der Waals surface area contributed by atoms with Gasteiger partial charge in [0.1, 0.15) is 5.82 Å². The van der Waals surface area contributed by atoms with Crippen LogP contribution < -0.4 is 9.62 Å². The monoisotopic (exact) mass is 425 g/mol. The predicted octanol–water partition coefficient (Wildman–Crippen LogP) is 2.61. The van der Waals surface area contributed by atoms with E-state index in [1.807, 2.05) is 12.1 Å². The van der Waals surface area contributed by atoms with Crippen LogP contribution in [0.3, 0.4) is 0 Å². The summed E-state index contributed by atoms with van der Waals surface area (Å²) in [7, 11) is -3.36. The number of anilines is 2. The Hall–Kier alpha value is -2.01. The van der Waals surface area contributed by atoms with E-state index >= 15 is 0 Å². The zero-order valence-electron chi connectivity index (χ0n) is 14.3. The summed E-state index contributed by atoms with van der Waals surface area (Å²) in [5.74, 6) is 1.09. The highest BCUT2D eigenvalue weighted by atomic mass is 35.5. The van der Waals surface area contributed by atoms with Crippen LogP contribution >= 0.6 is 22.9 Å². The SMILES string of the molecule is CS(=O)(=O)Nc1ccc(-c2cc3nc(Cl)nc(N4CCOCC4)c3s2)cn1. The average Bonchev–Trinajstić information content (AvgIpc) is 3.05. The maximum atomic E-state index is 11.3. The summed E-state index contributed by atoms with van der Waals surface area (Å²) in [5, 5.41) is 0.208. The molecule has 0 saturated carbocycles. The second-order valence-corrected chi connectivity index (χ2v) is 9.19. The number of sulfonamides is 1. The van der Waals surface area contributed by atoms with E-state index in [9.17, 15) is 8.42 Å². The lowest BCUT2D eigenvalue weighted by Crippen LogP contribution is -2.36. The molecule has 142 valence electrons. The van der Waals surface area contributed by atoms with Crippen LogP contribution in [0.2, 0.25) is 5.28 Å². The van der Waals surface area contributed by atoms with E-state index in [1.54, 1.807) is 23.6 Å². The second kappa shape index (κ2) is 7.19. The molecule has 8 nitrogen and oxygen atoms in total. The Bertz CT molecular complexity index is 1080. The minimum absolute atomic E-state index is 0.208. The first-order chi connectivity index (χ1) is 12.9. The predicted molar refractivity (Wildman–Crippen MR) is 107 cm³/mol. The molecule has 3 aromatic heterocycles. The zero-order chi connectivity index (χ0) is 19.0. The molecular weight excluding hydrogens is 410 g/mol. The van der Waals surface area contributed by atoms with Gasteiger partial charge in [-0.3, -0.25) is 4.72 Å². The molecule has 4 heterocycles. The normalized spacial score (nSPS) is 15.3. The number of nitrogens with zero attached hydrogens (tertiary/aromatic N) is 4. The van der Waals surface area contributed by atoms with E-state index in [1.165, 1.54) is 0 Å². The van der Waals surface area contributed by atoms with E-state index in [-0.39, 0.29) is 11.1 Å². The lowest BCUT2D eigenvalue weighted by atomic mass is 10.2. The van der Waals surface area contributed by atoms with E-state index in [0.29, 0.717) is 13.2 Å². The van der Waals surface area contributed by atoms with Gasteiger partial charge in [0.05, 0.1) is 29.7 Å². The third kappa shape index (κ3) is 4.13. The second-order valence-electron chi connectivity index (χ2n) is 6.05. The number of morpholine rings is 1. The molecule has 1 aliphatic heterocycles. The van der Waals surface area contributed by atoms with Gasteiger partial charge in [0.25, 0.3) is 0 Å². The van der Waals surface area contributed by atoms with Crippen molar-refractivity contribution in [1.29, 1.82) is 0 Å². The van der Waals surface area contributed by atoms with E-state index in [0.717, 1.165) is 45.8 Å². The summed E-state index contributed by atoms with van der Waals surface area (Å²) in [4.78, 5) is 16.0. The third-order valence-corrected chi connectivity index (χ3v) is 5.89. The molecule has 0 amide bonds. The molecule has 0 radical (unpaired) electrons. The van der Waals surface area contributed by atoms with Gasteiger partial charge in [0.15, 0.2) is 5.82 Å². The third-order valence-electron chi connectivity index (χ3n) is 3.98. The van der Waals surface area contributed by atoms with E-state index < -0.39 is 10.0 Å². The van der Waals surface area contributed by atoms with Crippen molar-refractivity contribution in [1.82, 2.24) is 15.0 Å². The minimum atomic E-state index is -3.36. The van der Waals surface area contributed by atoms with Gasteiger partial charge in [-0.2, -0.15) is 4.98 Å². The fourth-order valence-corrected chi connectivity index (χ4v) is 4.58. The molecular formula is C16H16ClN5O3S2. The standard InChI is InChI=1S/C16H16ClN5O3S2/c1-27(23,24)21-13-3-2-10(9-18-13)12-8-11-14(26-12)15(20-16(17)19-11)22-4-6-25-7-5-22/h2-3,8-9H,4-7H2,1H3,(H,18,21). The summed E-state index contributed by atoms with van der Waals surface area (Å²) in [6.45, 7) is 2.81. The molecule has 0 aliphatic carbocycles. The minimum Gasteiger partial charge on any atom is -0.378 e. The Labute approximate surface area is 165 Å². The Kier molecular flexibility index (Phi) is 4.89. The average molecular weight is 426 g/mol. The van der Waals surface area contributed by atoms with Crippen molar-refractivity contribution >= 4 is 54.8 Å². The molecule has 0 aromatic carbocycles. The summed E-state index contributed by atoms with van der Waals surface area (Å²) in [5.41, 5.74) is 1.64. The Morgan fingerprint density at radius 1 is 1.26 bits per heavy atom. The highest BCUT2D eigenvalue weighted by Gasteiger charge is 2.19. The number of halogens is 1. The van der Waals surface area contributed by atoms with Crippen molar-refractivity contribution in [3.63, 3.8) is 0 Å². The van der Waals surface area contributed by atoms with Crippen molar-refractivity contribution in [3.05, 3.63) is 29.7 Å². The lowest BCUT2D eigenvalue weighted by Gasteiger charge is -2.28. The first kappa shape index (κ1) is 18.4. The first-order valence-electron chi connectivity index (χ1n) is 8.13. The number of aromatic nitrogens is 3. The molecule has 4 rings (SSSR count). The Morgan fingerprint density at radius 3 is 2.70 bits per heavy atom. The molecule has 0 atom stereocenters. The van der Waals surface area contributed by atoms with Gasteiger partial charge in [-0.05, 0) is 29.8 Å². The van der Waals surface area contributed by atoms with E-state index in [4.69, 9.17) is 16.3 Å². The topological polar surface area (TPSA) is 97.3 Å². The summed E-state index contributed by atoms with van der Waals surface area (Å²) in [6.07, 6.45) is 2.71. The van der Waals surface area contributed by atoms with Gasteiger partial charge in [-0.25, -0.2) is 18.4 Å². The van der Waals surface area contributed by atoms with Crippen LogP contribution in [-0.4, -0.2) is 55.9 Å². The molecule has 0 spiro atoms. The highest BCUT2D eigenvalue weighted by Crippen LogP contribution is 2.38. The maximum Gasteiger partial charge on any atom is 0.230 e. The number of nitrogens with one attached hydrogen (secondary N) is 1. The van der Waals surface area contributed by atoms with Crippen molar-refractivity contribution in [2.75, 3.05) is 42.2 Å². The fourth-order valence-electron chi connectivity index (χ4n) is 2.81. The quantitative estimate of drug-likeness (QED) is 0.641. The van der Waals surface area contributed by atoms with Gasteiger partial charge in [-0.15, -0.1) is 11.3 Å². The van der Waals surface area contributed by atoms with Crippen LogP contribution in [0.15, 0.2) is 24.4 Å². The number of rotatable bonds is 4. The summed E-state index contributed by atoms with van der Waals surface area (Å²) >= 11 is 7.68. The molecule has 27 heavy (non-hydrogen) atoms. The van der Waals surface area contributed by atoms with Gasteiger partial charge in [-0.1, -0.05) is 0 Å². The molecule has 0 bridgehead atoms. The summed E-state index contributed by atoms with van der Waals surface area (Å²) < 4.78 is 31.3. The molecule has 1 aliphatic rings. The van der Waals surface area contributed by atoms with Gasteiger partial charge >= 0.3 is 0 Å². The molecule has 11 heteroatoms. The smallest absolute Gasteiger partial charge is 0.230 e. The van der Waals surface area contributed by atoms with Gasteiger partial charge in [0.2, 0.25) is 15.3 Å². The molecule has 3 aromatic rings. The largest absolute Gasteiger partial charge is 0.378 e. The van der Waals surface area contributed by atoms with Crippen molar-refractivity contribution in [3.8, 4) is 10.4 Å². The van der Waals surface area contributed by atoms with Crippen molar-refractivity contribution < 1.29 is 13.2 Å². The molecule has 0 unspecified atom stereocenters. The van der Waals surface area contributed by atoms with Crippen LogP contribution in [0.4, 0.5) is 11.6 Å². The first-order valence-corrected chi connectivity index (χ1v) is 11.2. The zero-order valence-corrected chi connectivity index (χ0v) is 16.7. The number of pyridine rings is 1. The number of thiophene rings is 1. The number of ether oxygens (including phenoxy) is 1. The molecule has 1 N–H and O–H groups in total. The van der Waals surface area contributed by atoms with Crippen LogP contribution in [0, 0.1) is 0 Å². The number of hydrogen-bond acceptors (Lipinski definition) is 8. The molecule has 1 fully saturated rings. The van der Waals surface area contributed by atoms with Crippen molar-refractivity contribution in [2.45, 2.75) is 0 Å². The lowest BCUT2D eigenvalue weighted by molar-refractivity contribution is 0.122. The highest BCUT2D eigenvalue weighted by molar-refractivity contribution is 7.92. The fraction of sp³-hybridized carbons (Fsp3) is 0.312. The number of hydrogen-bond donors (Lipinski definition) is 1. The summed E-state index contributed by atoms with van der Waals surface area (Å²) in [6, 6.07) is 5.38. The van der Waals surface area contributed by atoms with Crippen LogP contribution in [0.25, 0.3) is 20.7 Å². The maximum absolute atomic E-state index is 11.3. The van der Waals surface area contributed by atoms with Crippen LogP contribution in [0.5, 0.6) is 0 Å². The van der Waals surface area contributed by atoms with Gasteiger partial charge in [0, 0.05) is 29.7 Å². The van der Waals surface area contributed by atoms with Crippen molar-refractivity contribution in [2.24, 2.45) is 0 Å². The molecule has 1 saturated heterocycles.